The van der Waals surface area contributed by atoms with Gasteiger partial charge in [-0.3, -0.25) is 9.78 Å². The Morgan fingerprint density at radius 3 is 2.61 bits per heavy atom. The van der Waals surface area contributed by atoms with E-state index in [4.69, 9.17) is 23.7 Å². The Hall–Kier alpha value is -1.69. The number of hydrogen-bond donors (Lipinski definition) is 2. The normalized spacial score (nSPS) is 10.1. The number of carbonyl (C=O) groups is 1. The fraction of sp³-hybridized carbons (Fsp3) is 0.417. The number of primary amides is 1. The third-order valence-corrected chi connectivity index (χ3v) is 2.70. The van der Waals surface area contributed by atoms with Gasteiger partial charge in [-0.15, -0.1) is 0 Å². The van der Waals surface area contributed by atoms with Crippen molar-refractivity contribution in [1.82, 2.24) is 4.98 Å². The van der Waals surface area contributed by atoms with Gasteiger partial charge in [0.2, 0.25) is 5.91 Å². The molecule has 0 spiro atoms. The van der Waals surface area contributed by atoms with E-state index in [0.717, 1.165) is 25.1 Å². The van der Waals surface area contributed by atoms with Crippen molar-refractivity contribution < 1.29 is 4.79 Å². The highest BCUT2D eigenvalue weighted by Crippen LogP contribution is 2.13. The van der Waals surface area contributed by atoms with Crippen LogP contribution in [0.25, 0.3) is 0 Å². The highest BCUT2D eigenvalue weighted by Gasteiger charge is 2.09. The van der Waals surface area contributed by atoms with Crippen molar-refractivity contribution in [2.24, 2.45) is 11.5 Å². The van der Waals surface area contributed by atoms with Gasteiger partial charge in [0.25, 0.3) is 0 Å². The second kappa shape index (κ2) is 6.90. The van der Waals surface area contributed by atoms with Gasteiger partial charge in [0.1, 0.15) is 4.99 Å². The average molecular weight is 266 g/mol. The Morgan fingerprint density at radius 2 is 2.17 bits per heavy atom. The zero-order valence-electron chi connectivity index (χ0n) is 10.4. The number of amides is 1. The summed E-state index contributed by atoms with van der Waals surface area (Å²) in [6.07, 6.45) is 3.70. The molecule has 0 aliphatic carbocycles. The molecule has 0 saturated heterocycles. The van der Waals surface area contributed by atoms with Gasteiger partial charge in [-0.25, -0.2) is 0 Å². The third kappa shape index (κ3) is 4.29. The van der Waals surface area contributed by atoms with E-state index in [1.165, 1.54) is 0 Å². The molecular weight excluding hydrogens is 248 g/mol. The summed E-state index contributed by atoms with van der Waals surface area (Å²) in [5.74, 6) is -0.357. The Balaban J connectivity index is 2.83. The molecule has 1 aromatic rings. The first-order chi connectivity index (χ1) is 8.54. The summed E-state index contributed by atoms with van der Waals surface area (Å²) in [5.41, 5.74) is 12.1. The zero-order chi connectivity index (χ0) is 13.5. The standard InChI is InChI=1S/C12H18N4OS/c1-2-3-6-16(8-11(13)17)9-4-5-10(12(14)18)15-7-9/h4-5,7H,2-3,6,8H2,1H3,(H2,13,17)(H2,14,18). The van der Waals surface area contributed by atoms with Gasteiger partial charge >= 0.3 is 0 Å². The molecule has 0 aliphatic rings. The van der Waals surface area contributed by atoms with Crippen molar-refractivity contribution in [3.63, 3.8) is 0 Å². The van der Waals surface area contributed by atoms with Crippen LogP contribution < -0.4 is 16.4 Å². The average Bonchev–Trinajstić information content (AvgIpc) is 2.34. The minimum Gasteiger partial charge on any atom is -0.388 e. The van der Waals surface area contributed by atoms with E-state index >= 15 is 0 Å². The lowest BCUT2D eigenvalue weighted by Gasteiger charge is -2.22. The molecule has 1 amide bonds. The summed E-state index contributed by atoms with van der Waals surface area (Å²) in [4.78, 5) is 17.4. The minimum absolute atomic E-state index is 0.189. The molecular formula is C12H18N4OS. The van der Waals surface area contributed by atoms with Crippen molar-refractivity contribution in [2.75, 3.05) is 18.0 Å². The van der Waals surface area contributed by atoms with Gasteiger partial charge in [0, 0.05) is 6.54 Å². The molecule has 4 N–H and O–H groups in total. The van der Waals surface area contributed by atoms with Crippen LogP contribution in [0.3, 0.4) is 0 Å². The maximum atomic E-state index is 11.0. The molecule has 1 aromatic heterocycles. The molecule has 0 fully saturated rings. The lowest BCUT2D eigenvalue weighted by molar-refractivity contribution is -0.116. The summed E-state index contributed by atoms with van der Waals surface area (Å²) in [6, 6.07) is 3.59. The molecule has 1 rings (SSSR count). The number of nitrogens with two attached hydrogens (primary N) is 2. The maximum Gasteiger partial charge on any atom is 0.236 e. The fourth-order valence-electron chi connectivity index (χ4n) is 1.56. The number of hydrogen-bond acceptors (Lipinski definition) is 4. The summed E-state index contributed by atoms with van der Waals surface area (Å²) in [6.45, 7) is 3.05. The van der Waals surface area contributed by atoms with E-state index in [9.17, 15) is 4.79 Å². The summed E-state index contributed by atoms with van der Waals surface area (Å²) in [5, 5.41) is 0. The highest BCUT2D eigenvalue weighted by molar-refractivity contribution is 7.80. The van der Waals surface area contributed by atoms with Crippen molar-refractivity contribution in [1.29, 1.82) is 0 Å². The van der Waals surface area contributed by atoms with Crippen LogP contribution in [0.5, 0.6) is 0 Å². The summed E-state index contributed by atoms with van der Waals surface area (Å²) < 4.78 is 0. The quantitative estimate of drug-likeness (QED) is 0.713. The molecule has 0 unspecified atom stereocenters. The molecule has 6 heteroatoms. The first-order valence-corrected chi connectivity index (χ1v) is 6.24. The second-order valence-electron chi connectivity index (χ2n) is 4.01. The third-order valence-electron chi connectivity index (χ3n) is 2.49. The highest BCUT2D eigenvalue weighted by atomic mass is 32.1. The van der Waals surface area contributed by atoms with E-state index in [1.807, 2.05) is 11.0 Å². The summed E-state index contributed by atoms with van der Waals surface area (Å²) in [7, 11) is 0. The molecule has 0 bridgehead atoms. The second-order valence-corrected chi connectivity index (χ2v) is 4.45. The van der Waals surface area contributed by atoms with E-state index in [2.05, 4.69) is 11.9 Å². The smallest absolute Gasteiger partial charge is 0.236 e. The summed E-state index contributed by atoms with van der Waals surface area (Å²) >= 11 is 4.84. The largest absolute Gasteiger partial charge is 0.388 e. The molecule has 0 aliphatic heterocycles. The van der Waals surface area contributed by atoms with Gasteiger partial charge < -0.3 is 16.4 Å². The van der Waals surface area contributed by atoms with Crippen molar-refractivity contribution in [3.8, 4) is 0 Å². The Labute approximate surface area is 112 Å². The van der Waals surface area contributed by atoms with Crippen LogP contribution in [-0.2, 0) is 4.79 Å². The number of anilines is 1. The SMILES string of the molecule is CCCCN(CC(N)=O)c1ccc(C(N)=S)nc1. The first-order valence-electron chi connectivity index (χ1n) is 5.83. The minimum atomic E-state index is -0.357. The van der Waals surface area contributed by atoms with Crippen LogP contribution in [0.15, 0.2) is 18.3 Å². The number of thiocarbonyl (C=S) groups is 1. The molecule has 5 nitrogen and oxygen atoms in total. The Bertz CT molecular complexity index is 419. The Kier molecular flexibility index (Phi) is 5.51. The molecule has 1 heterocycles. The fourth-order valence-corrected chi connectivity index (χ4v) is 1.68. The van der Waals surface area contributed by atoms with Gasteiger partial charge in [0.15, 0.2) is 0 Å². The molecule has 0 atom stereocenters. The number of pyridine rings is 1. The topological polar surface area (TPSA) is 85.2 Å². The van der Waals surface area contributed by atoms with Crippen molar-refractivity contribution >= 4 is 28.8 Å². The maximum absolute atomic E-state index is 11.0. The van der Waals surface area contributed by atoms with Crippen molar-refractivity contribution in [2.45, 2.75) is 19.8 Å². The number of nitrogens with zero attached hydrogens (tertiary/aromatic N) is 2. The molecule has 0 radical (unpaired) electrons. The predicted molar refractivity (Wildman–Crippen MR) is 76.4 cm³/mol. The number of unbranched alkanes of at least 4 members (excludes halogenated alkanes) is 1. The van der Waals surface area contributed by atoms with Crippen LogP contribution in [0.4, 0.5) is 5.69 Å². The van der Waals surface area contributed by atoms with Gasteiger partial charge in [0.05, 0.1) is 24.1 Å². The van der Waals surface area contributed by atoms with Crippen LogP contribution in [0.2, 0.25) is 0 Å². The molecule has 18 heavy (non-hydrogen) atoms. The van der Waals surface area contributed by atoms with E-state index in [-0.39, 0.29) is 17.4 Å². The predicted octanol–water partition coefficient (Wildman–Crippen LogP) is 0.808. The van der Waals surface area contributed by atoms with Gasteiger partial charge in [-0.05, 0) is 18.6 Å². The molecule has 98 valence electrons. The molecule has 0 aromatic carbocycles. The Morgan fingerprint density at radius 1 is 1.44 bits per heavy atom. The number of rotatable bonds is 7. The van der Waals surface area contributed by atoms with E-state index in [0.29, 0.717) is 5.69 Å². The monoisotopic (exact) mass is 266 g/mol. The zero-order valence-corrected chi connectivity index (χ0v) is 11.2. The van der Waals surface area contributed by atoms with E-state index < -0.39 is 0 Å². The van der Waals surface area contributed by atoms with Crippen LogP contribution in [0, 0.1) is 0 Å². The van der Waals surface area contributed by atoms with Crippen LogP contribution in [0.1, 0.15) is 25.5 Å². The first kappa shape index (κ1) is 14.4. The lowest BCUT2D eigenvalue weighted by Crippen LogP contribution is -2.34. The van der Waals surface area contributed by atoms with Gasteiger partial charge in [-0.2, -0.15) is 0 Å². The number of aromatic nitrogens is 1. The number of carbonyl (C=O) groups excluding carboxylic acids is 1. The lowest BCUT2D eigenvalue weighted by atomic mass is 10.2. The van der Waals surface area contributed by atoms with Gasteiger partial charge in [-0.1, -0.05) is 25.6 Å². The van der Waals surface area contributed by atoms with Crippen molar-refractivity contribution in [3.05, 3.63) is 24.0 Å². The van der Waals surface area contributed by atoms with Crippen LogP contribution >= 0.6 is 12.2 Å². The van der Waals surface area contributed by atoms with Crippen LogP contribution in [-0.4, -0.2) is 29.0 Å². The van der Waals surface area contributed by atoms with E-state index in [1.54, 1.807) is 12.3 Å². The molecule has 0 saturated carbocycles.